The number of anilines is 1. The van der Waals surface area contributed by atoms with Gasteiger partial charge in [0.25, 0.3) is 5.91 Å². The fourth-order valence-electron chi connectivity index (χ4n) is 1.69. The third kappa shape index (κ3) is 2.20. The number of rotatable bonds is 3. The molecule has 0 unspecified atom stereocenters. The first-order valence-electron chi connectivity index (χ1n) is 5.47. The molecule has 7 nitrogen and oxygen atoms in total. The monoisotopic (exact) mass is 249 g/mol. The number of nitrogens with one attached hydrogen (secondary N) is 1. The normalized spacial score (nSPS) is 10.6. The summed E-state index contributed by atoms with van der Waals surface area (Å²) in [5.41, 5.74) is 7.53. The minimum Gasteiger partial charge on any atom is -0.382 e. The molecule has 0 fully saturated rings. The van der Waals surface area contributed by atoms with Gasteiger partial charge in [0.15, 0.2) is 0 Å². The Bertz CT molecular complexity index is 552. The van der Waals surface area contributed by atoms with Gasteiger partial charge in [-0.2, -0.15) is 5.10 Å². The molecule has 3 N–H and O–H groups in total. The van der Waals surface area contributed by atoms with E-state index in [1.54, 1.807) is 11.9 Å². The molecule has 1 amide bonds. The highest BCUT2D eigenvalue weighted by atomic mass is 16.5. The Labute approximate surface area is 104 Å². The summed E-state index contributed by atoms with van der Waals surface area (Å²) in [6.07, 6.45) is 0. The van der Waals surface area contributed by atoms with Crippen LogP contribution >= 0.6 is 0 Å². The molecule has 0 bridgehead atoms. The highest BCUT2D eigenvalue weighted by molar-refractivity contribution is 5.92. The molecule has 2 aromatic heterocycles. The van der Waals surface area contributed by atoms with Gasteiger partial charge < -0.3 is 15.2 Å². The first kappa shape index (κ1) is 12.2. The van der Waals surface area contributed by atoms with E-state index >= 15 is 0 Å². The molecule has 0 aliphatic rings. The second-order valence-electron chi connectivity index (χ2n) is 4.17. The Morgan fingerprint density at radius 2 is 2.28 bits per heavy atom. The Morgan fingerprint density at radius 3 is 2.78 bits per heavy atom. The van der Waals surface area contributed by atoms with E-state index in [1.165, 1.54) is 6.07 Å². The van der Waals surface area contributed by atoms with E-state index in [1.807, 2.05) is 13.8 Å². The fourth-order valence-corrected chi connectivity index (χ4v) is 1.69. The number of amides is 1. The van der Waals surface area contributed by atoms with Crippen LogP contribution in [0.25, 0.3) is 0 Å². The number of H-pyrrole nitrogens is 1. The van der Waals surface area contributed by atoms with Gasteiger partial charge in [-0.3, -0.25) is 9.89 Å². The molecule has 0 aromatic carbocycles. The van der Waals surface area contributed by atoms with Gasteiger partial charge in [-0.15, -0.1) is 0 Å². The van der Waals surface area contributed by atoms with Crippen molar-refractivity contribution in [3.8, 4) is 0 Å². The number of aromatic nitrogens is 3. The first-order chi connectivity index (χ1) is 8.49. The maximum atomic E-state index is 12.1. The molecule has 0 atom stereocenters. The minimum atomic E-state index is -0.181. The number of carbonyl (C=O) groups excluding carboxylic acids is 1. The van der Waals surface area contributed by atoms with Gasteiger partial charge in [-0.05, 0) is 13.8 Å². The maximum Gasteiger partial charge on any atom is 0.271 e. The molecule has 0 radical (unpaired) electrons. The van der Waals surface area contributed by atoms with E-state index in [-0.39, 0.29) is 5.91 Å². The van der Waals surface area contributed by atoms with Crippen molar-refractivity contribution in [2.24, 2.45) is 0 Å². The lowest BCUT2D eigenvalue weighted by Crippen LogP contribution is -2.27. The Kier molecular flexibility index (Phi) is 3.05. The number of nitrogen functional groups attached to an aromatic ring is 1. The van der Waals surface area contributed by atoms with Crippen molar-refractivity contribution >= 4 is 11.7 Å². The van der Waals surface area contributed by atoms with E-state index in [4.69, 9.17) is 10.3 Å². The van der Waals surface area contributed by atoms with Crippen LogP contribution in [0.3, 0.4) is 0 Å². The first-order valence-corrected chi connectivity index (χ1v) is 5.47. The predicted octanol–water partition coefficient (Wildman–Crippen LogP) is 0.869. The third-order valence-corrected chi connectivity index (χ3v) is 2.75. The van der Waals surface area contributed by atoms with Gasteiger partial charge >= 0.3 is 0 Å². The van der Waals surface area contributed by atoms with E-state index in [0.717, 1.165) is 17.0 Å². The zero-order valence-electron chi connectivity index (χ0n) is 10.5. The molecule has 2 rings (SSSR count). The molecule has 0 saturated carbocycles. The Morgan fingerprint density at radius 1 is 1.56 bits per heavy atom. The van der Waals surface area contributed by atoms with Crippen molar-refractivity contribution in [1.29, 1.82) is 0 Å². The number of aromatic amines is 1. The lowest BCUT2D eigenvalue weighted by atomic mass is 10.2. The second-order valence-corrected chi connectivity index (χ2v) is 4.17. The molecule has 96 valence electrons. The molecule has 18 heavy (non-hydrogen) atoms. The fraction of sp³-hybridized carbons (Fsp3) is 0.364. The molecule has 0 aliphatic carbocycles. The number of nitrogens with two attached hydrogens (primary N) is 1. The van der Waals surface area contributed by atoms with E-state index in [0.29, 0.717) is 18.1 Å². The van der Waals surface area contributed by atoms with Crippen molar-refractivity contribution in [1.82, 2.24) is 20.3 Å². The number of hydrogen-bond donors (Lipinski definition) is 2. The van der Waals surface area contributed by atoms with E-state index in [9.17, 15) is 4.79 Å². The van der Waals surface area contributed by atoms with Gasteiger partial charge in [0.1, 0.15) is 17.3 Å². The highest BCUT2D eigenvalue weighted by Gasteiger charge is 2.18. The number of nitrogens with zero attached hydrogens (tertiary/aromatic N) is 3. The third-order valence-electron chi connectivity index (χ3n) is 2.75. The van der Waals surface area contributed by atoms with Crippen LogP contribution in [0, 0.1) is 13.8 Å². The molecular formula is C11H15N5O2. The molecular weight excluding hydrogens is 234 g/mol. The van der Waals surface area contributed by atoms with Crippen molar-refractivity contribution < 1.29 is 9.32 Å². The van der Waals surface area contributed by atoms with Gasteiger partial charge in [0.2, 0.25) is 0 Å². The van der Waals surface area contributed by atoms with Crippen LogP contribution in [-0.2, 0) is 6.54 Å². The molecule has 0 spiro atoms. The highest BCUT2D eigenvalue weighted by Crippen LogP contribution is 2.15. The van der Waals surface area contributed by atoms with E-state index < -0.39 is 0 Å². The lowest BCUT2D eigenvalue weighted by molar-refractivity contribution is 0.0778. The van der Waals surface area contributed by atoms with Crippen LogP contribution in [0.4, 0.5) is 5.82 Å². The quantitative estimate of drug-likeness (QED) is 0.840. The average Bonchev–Trinajstić information content (AvgIpc) is 2.89. The largest absolute Gasteiger partial charge is 0.382 e. The molecule has 2 heterocycles. The van der Waals surface area contributed by atoms with Gasteiger partial charge in [0.05, 0.1) is 12.2 Å². The summed E-state index contributed by atoms with van der Waals surface area (Å²) in [5, 5.41) is 10.2. The molecule has 7 heteroatoms. The topological polar surface area (TPSA) is 101 Å². The Hall–Kier alpha value is -2.31. The summed E-state index contributed by atoms with van der Waals surface area (Å²) in [6, 6.07) is 1.51. The number of carbonyl (C=O) groups is 1. The van der Waals surface area contributed by atoms with Gasteiger partial charge in [-0.1, -0.05) is 5.16 Å². The van der Waals surface area contributed by atoms with Crippen LogP contribution < -0.4 is 5.73 Å². The smallest absolute Gasteiger partial charge is 0.271 e. The molecule has 0 saturated heterocycles. The minimum absolute atomic E-state index is 0.181. The zero-order chi connectivity index (χ0) is 13.3. The van der Waals surface area contributed by atoms with Crippen molar-refractivity contribution in [3.63, 3.8) is 0 Å². The summed E-state index contributed by atoms with van der Waals surface area (Å²) >= 11 is 0. The van der Waals surface area contributed by atoms with Crippen molar-refractivity contribution in [3.05, 3.63) is 28.8 Å². The van der Waals surface area contributed by atoms with Gasteiger partial charge in [0, 0.05) is 18.7 Å². The summed E-state index contributed by atoms with van der Waals surface area (Å²) < 4.78 is 5.06. The molecule has 2 aromatic rings. The summed E-state index contributed by atoms with van der Waals surface area (Å²) in [6.45, 7) is 4.10. The Balaban J connectivity index is 2.13. The average molecular weight is 249 g/mol. The van der Waals surface area contributed by atoms with Crippen molar-refractivity contribution in [2.75, 3.05) is 12.8 Å². The summed E-state index contributed by atoms with van der Waals surface area (Å²) in [4.78, 5) is 13.6. The van der Waals surface area contributed by atoms with Crippen LogP contribution in [-0.4, -0.2) is 33.2 Å². The SMILES string of the molecule is Cc1noc(C)c1CN(C)C(=O)c1cc(N)n[nH]1. The number of aryl methyl sites for hydroxylation is 2. The molecule has 0 aliphatic heterocycles. The zero-order valence-corrected chi connectivity index (χ0v) is 10.5. The summed E-state index contributed by atoms with van der Waals surface area (Å²) in [5.74, 6) is 0.833. The summed E-state index contributed by atoms with van der Waals surface area (Å²) in [7, 11) is 1.70. The second kappa shape index (κ2) is 4.52. The maximum absolute atomic E-state index is 12.1. The van der Waals surface area contributed by atoms with Gasteiger partial charge in [-0.25, -0.2) is 0 Å². The standard InChI is InChI=1S/C11H15N5O2/c1-6-8(7(2)18-15-6)5-16(3)11(17)9-4-10(12)14-13-9/h4H,5H2,1-3H3,(H3,12,13,14). The lowest BCUT2D eigenvalue weighted by Gasteiger charge is -2.15. The van der Waals surface area contributed by atoms with Crippen LogP contribution in [0.15, 0.2) is 10.6 Å². The van der Waals surface area contributed by atoms with Crippen molar-refractivity contribution in [2.45, 2.75) is 20.4 Å². The number of hydrogen-bond acceptors (Lipinski definition) is 5. The predicted molar refractivity (Wildman–Crippen MR) is 64.8 cm³/mol. The van der Waals surface area contributed by atoms with Crippen LogP contribution in [0.5, 0.6) is 0 Å². The van der Waals surface area contributed by atoms with Crippen LogP contribution in [0.2, 0.25) is 0 Å². The van der Waals surface area contributed by atoms with Crippen LogP contribution in [0.1, 0.15) is 27.5 Å². The van der Waals surface area contributed by atoms with E-state index in [2.05, 4.69) is 15.4 Å².